The molecule has 0 unspecified atom stereocenters. The minimum Gasteiger partial charge on any atom is -0.208 e. The number of hydrogen-bond acceptors (Lipinski definition) is 3. The summed E-state index contributed by atoms with van der Waals surface area (Å²) >= 11 is 3.57. The van der Waals surface area contributed by atoms with Gasteiger partial charge in [0.05, 0.1) is 0 Å². The van der Waals surface area contributed by atoms with Crippen molar-refractivity contribution in [3.63, 3.8) is 0 Å². The molecule has 37 heavy (non-hydrogen) atoms. The molecule has 1 heterocycles. The van der Waals surface area contributed by atoms with E-state index >= 15 is 0 Å². The molecule has 7 aromatic rings. The Hall–Kier alpha value is -4.41. The first-order valence-electron chi connectivity index (χ1n) is 12.1. The highest BCUT2D eigenvalue weighted by Crippen LogP contribution is 2.35. The monoisotopic (exact) mass is 537 g/mol. The largest absolute Gasteiger partial charge is 0.208 e. The summed E-state index contributed by atoms with van der Waals surface area (Å²) in [6.07, 6.45) is 0. The van der Waals surface area contributed by atoms with Gasteiger partial charge in [-0.2, -0.15) is 0 Å². The van der Waals surface area contributed by atoms with E-state index in [-0.39, 0.29) is 0 Å². The van der Waals surface area contributed by atoms with E-state index in [4.69, 9.17) is 15.0 Å². The quantitative estimate of drug-likeness (QED) is 0.211. The van der Waals surface area contributed by atoms with Gasteiger partial charge < -0.3 is 0 Å². The summed E-state index contributed by atoms with van der Waals surface area (Å²) in [6, 6.07) is 41.9. The number of nitrogens with zero attached hydrogens (tertiary/aromatic N) is 3. The molecule has 0 aliphatic rings. The zero-order chi connectivity index (χ0) is 24.8. The van der Waals surface area contributed by atoms with Gasteiger partial charge in [0.15, 0.2) is 17.5 Å². The van der Waals surface area contributed by atoms with Gasteiger partial charge in [0.25, 0.3) is 0 Å². The second-order valence-electron chi connectivity index (χ2n) is 9.07. The van der Waals surface area contributed by atoms with Crippen molar-refractivity contribution in [1.29, 1.82) is 0 Å². The van der Waals surface area contributed by atoms with Crippen LogP contribution in [0.4, 0.5) is 0 Å². The molecular weight excluding hydrogens is 518 g/mol. The Morgan fingerprint density at radius 2 is 1.03 bits per heavy atom. The molecule has 3 nitrogen and oxygen atoms in total. The summed E-state index contributed by atoms with van der Waals surface area (Å²) in [6.45, 7) is 0. The Morgan fingerprint density at radius 3 is 1.86 bits per heavy atom. The lowest BCUT2D eigenvalue weighted by atomic mass is 9.97. The molecule has 0 aliphatic carbocycles. The number of fused-ring (bicyclic) bond motifs is 4. The van der Waals surface area contributed by atoms with Crippen LogP contribution < -0.4 is 0 Å². The highest BCUT2D eigenvalue weighted by Gasteiger charge is 2.16. The molecule has 0 bridgehead atoms. The molecule has 1 aromatic heterocycles. The highest BCUT2D eigenvalue weighted by molar-refractivity contribution is 9.10. The van der Waals surface area contributed by atoms with E-state index in [9.17, 15) is 0 Å². The number of benzene rings is 6. The fraction of sp³-hybridized carbons (Fsp3) is 0. The first-order chi connectivity index (χ1) is 18.2. The van der Waals surface area contributed by atoms with Crippen LogP contribution in [0.15, 0.2) is 126 Å². The van der Waals surface area contributed by atoms with E-state index in [1.165, 1.54) is 10.8 Å². The van der Waals surface area contributed by atoms with E-state index in [2.05, 4.69) is 107 Å². The Bertz CT molecular complexity index is 1950. The second kappa shape index (κ2) is 8.91. The molecule has 0 radical (unpaired) electrons. The van der Waals surface area contributed by atoms with Gasteiger partial charge in [0, 0.05) is 21.2 Å². The Morgan fingerprint density at radius 1 is 0.405 bits per heavy atom. The van der Waals surface area contributed by atoms with Crippen molar-refractivity contribution in [1.82, 2.24) is 15.0 Å². The summed E-state index contributed by atoms with van der Waals surface area (Å²) in [5, 5.41) is 7.00. The van der Waals surface area contributed by atoms with Gasteiger partial charge in [-0.05, 0) is 56.6 Å². The zero-order valence-electron chi connectivity index (χ0n) is 19.8. The summed E-state index contributed by atoms with van der Waals surface area (Å²) in [7, 11) is 0. The van der Waals surface area contributed by atoms with E-state index in [0.717, 1.165) is 42.7 Å². The van der Waals surface area contributed by atoms with Crippen molar-refractivity contribution in [3.05, 3.63) is 126 Å². The molecule has 0 saturated heterocycles. The van der Waals surface area contributed by atoms with Crippen molar-refractivity contribution in [2.75, 3.05) is 0 Å². The van der Waals surface area contributed by atoms with Crippen LogP contribution in [0, 0.1) is 0 Å². The molecule has 4 heteroatoms. The van der Waals surface area contributed by atoms with E-state index in [1.54, 1.807) is 0 Å². The number of rotatable bonds is 3. The van der Waals surface area contributed by atoms with Crippen LogP contribution in [0.1, 0.15) is 0 Å². The minimum absolute atomic E-state index is 0.658. The fourth-order valence-corrected chi connectivity index (χ4v) is 5.32. The van der Waals surface area contributed by atoms with Gasteiger partial charge in [0.1, 0.15) is 0 Å². The third kappa shape index (κ3) is 3.96. The van der Waals surface area contributed by atoms with Crippen LogP contribution >= 0.6 is 15.9 Å². The molecule has 0 N–H and O–H groups in total. The first-order valence-corrected chi connectivity index (χ1v) is 12.9. The van der Waals surface area contributed by atoms with Crippen LogP contribution in [0.25, 0.3) is 66.5 Å². The SMILES string of the molecule is Brc1ccc2cc(-c3nc(-c4ccccc4)nc(-c4cc5ccccc5c5ccccc45)n3)ccc2c1. The Kier molecular flexibility index (Phi) is 5.26. The van der Waals surface area contributed by atoms with Crippen LogP contribution in [-0.2, 0) is 0 Å². The average Bonchev–Trinajstić information content (AvgIpc) is 2.96. The molecule has 174 valence electrons. The van der Waals surface area contributed by atoms with Crippen molar-refractivity contribution < 1.29 is 0 Å². The van der Waals surface area contributed by atoms with Gasteiger partial charge in [-0.15, -0.1) is 0 Å². The van der Waals surface area contributed by atoms with Gasteiger partial charge in [-0.3, -0.25) is 0 Å². The molecule has 0 atom stereocenters. The highest BCUT2D eigenvalue weighted by atomic mass is 79.9. The van der Waals surface area contributed by atoms with Crippen LogP contribution in [0.3, 0.4) is 0 Å². The maximum atomic E-state index is 5.05. The molecule has 6 aromatic carbocycles. The van der Waals surface area contributed by atoms with E-state index in [1.807, 2.05) is 30.3 Å². The molecule has 0 aliphatic heterocycles. The Labute approximate surface area is 222 Å². The lowest BCUT2D eigenvalue weighted by molar-refractivity contribution is 1.08. The number of halogens is 1. The smallest absolute Gasteiger partial charge is 0.164 e. The van der Waals surface area contributed by atoms with Gasteiger partial charge in [-0.1, -0.05) is 113 Å². The lowest BCUT2D eigenvalue weighted by Crippen LogP contribution is -2.00. The first kappa shape index (κ1) is 21.8. The van der Waals surface area contributed by atoms with Crippen LogP contribution in [0.2, 0.25) is 0 Å². The molecule has 0 spiro atoms. The summed E-state index contributed by atoms with van der Waals surface area (Å²) < 4.78 is 1.06. The van der Waals surface area contributed by atoms with Crippen molar-refractivity contribution in [2.24, 2.45) is 0 Å². The molecule has 7 rings (SSSR count). The van der Waals surface area contributed by atoms with Gasteiger partial charge >= 0.3 is 0 Å². The third-order valence-corrected chi connectivity index (χ3v) is 7.23. The summed E-state index contributed by atoms with van der Waals surface area (Å²) in [5.41, 5.74) is 2.92. The van der Waals surface area contributed by atoms with Crippen LogP contribution in [-0.4, -0.2) is 15.0 Å². The van der Waals surface area contributed by atoms with Crippen LogP contribution in [0.5, 0.6) is 0 Å². The van der Waals surface area contributed by atoms with Crippen molar-refractivity contribution in [2.45, 2.75) is 0 Å². The van der Waals surface area contributed by atoms with Crippen molar-refractivity contribution >= 4 is 48.2 Å². The standard InChI is InChI=1S/C33H20BrN3/c34-26-17-16-22-18-25(15-14-23(22)19-26)32-35-31(21-8-2-1-3-9-21)36-33(37-32)30-20-24-10-4-5-11-27(24)28-12-6-7-13-29(28)30/h1-20H. The van der Waals surface area contributed by atoms with E-state index < -0.39 is 0 Å². The molecular formula is C33H20BrN3. The van der Waals surface area contributed by atoms with E-state index in [0.29, 0.717) is 17.5 Å². The molecule has 0 saturated carbocycles. The van der Waals surface area contributed by atoms with Gasteiger partial charge in [-0.25, -0.2) is 15.0 Å². The topological polar surface area (TPSA) is 38.7 Å². The summed E-state index contributed by atoms with van der Waals surface area (Å²) in [5.74, 6) is 1.99. The number of aromatic nitrogens is 3. The summed E-state index contributed by atoms with van der Waals surface area (Å²) in [4.78, 5) is 15.0. The number of hydrogen-bond donors (Lipinski definition) is 0. The van der Waals surface area contributed by atoms with Gasteiger partial charge in [0.2, 0.25) is 0 Å². The predicted molar refractivity (Wildman–Crippen MR) is 156 cm³/mol. The van der Waals surface area contributed by atoms with Crippen molar-refractivity contribution in [3.8, 4) is 34.2 Å². The molecule has 0 fully saturated rings. The predicted octanol–water partition coefficient (Wildman–Crippen LogP) is 9.09. The normalized spacial score (nSPS) is 11.4. The second-order valence-corrected chi connectivity index (χ2v) is 9.99. The minimum atomic E-state index is 0.658. The fourth-order valence-electron chi connectivity index (χ4n) is 4.94. The maximum absolute atomic E-state index is 5.05. The lowest BCUT2D eigenvalue weighted by Gasteiger charge is -2.12. The average molecular weight is 538 g/mol. The maximum Gasteiger partial charge on any atom is 0.164 e. The zero-order valence-corrected chi connectivity index (χ0v) is 21.4. The third-order valence-electron chi connectivity index (χ3n) is 6.74. The molecule has 0 amide bonds. The Balaban J connectivity index is 1.51.